The largest absolute Gasteiger partial charge is 0.355 e. The van der Waals surface area contributed by atoms with E-state index >= 15 is 0 Å². The maximum absolute atomic E-state index is 11.7. The summed E-state index contributed by atoms with van der Waals surface area (Å²) in [4.78, 5) is 18.9. The molecule has 0 saturated carbocycles. The summed E-state index contributed by atoms with van der Waals surface area (Å²) >= 11 is 0. The first kappa shape index (κ1) is 10.2. The van der Waals surface area contributed by atoms with Crippen LogP contribution in [-0.2, 0) is 17.8 Å². The number of hydrogen-bond acceptors (Lipinski definition) is 3. The Bertz CT molecular complexity index is 347. The lowest BCUT2D eigenvalue weighted by atomic mass is 10.0. The Morgan fingerprint density at radius 1 is 1.73 bits per heavy atom. The van der Waals surface area contributed by atoms with E-state index in [0.29, 0.717) is 13.0 Å². The first-order valence-electron chi connectivity index (χ1n) is 5.33. The highest BCUT2D eigenvalue weighted by Crippen LogP contribution is 2.11. The van der Waals surface area contributed by atoms with Crippen LogP contribution in [-0.4, -0.2) is 28.5 Å². The summed E-state index contributed by atoms with van der Waals surface area (Å²) in [7, 11) is 0. The van der Waals surface area contributed by atoms with Gasteiger partial charge in [0.25, 0.3) is 0 Å². The fourth-order valence-electron chi connectivity index (χ4n) is 1.73. The number of nitrogens with zero attached hydrogens (tertiary/aromatic N) is 1. The predicted molar refractivity (Wildman–Crippen MR) is 56.2 cm³/mol. The van der Waals surface area contributed by atoms with E-state index in [-0.39, 0.29) is 11.9 Å². The normalized spacial score (nSPS) is 19.7. The lowest BCUT2D eigenvalue weighted by molar-refractivity contribution is -0.123. The average Bonchev–Trinajstić information content (AvgIpc) is 2.72. The van der Waals surface area contributed by atoms with Crippen molar-refractivity contribution in [1.82, 2.24) is 20.6 Å². The molecule has 0 aromatic carbocycles. The second-order valence-corrected chi connectivity index (χ2v) is 3.76. The lowest BCUT2D eigenvalue weighted by Gasteiger charge is -2.22. The molecule has 1 aromatic rings. The molecule has 5 nitrogen and oxygen atoms in total. The van der Waals surface area contributed by atoms with Crippen LogP contribution in [0.2, 0.25) is 0 Å². The molecule has 1 amide bonds. The fourth-order valence-corrected chi connectivity index (χ4v) is 1.73. The Morgan fingerprint density at radius 3 is 3.40 bits per heavy atom. The number of carbonyl (C=O) groups excluding carboxylic acids is 1. The zero-order valence-electron chi connectivity index (χ0n) is 8.84. The SMILES string of the molecule is CCCNC(=O)C1Cc2nc[nH]c2CN1. The maximum Gasteiger partial charge on any atom is 0.237 e. The molecule has 0 bridgehead atoms. The molecule has 1 aliphatic heterocycles. The predicted octanol–water partition coefficient (Wildman–Crippen LogP) is -0.0498. The van der Waals surface area contributed by atoms with Crippen LogP contribution < -0.4 is 10.6 Å². The van der Waals surface area contributed by atoms with Crippen molar-refractivity contribution in [2.75, 3.05) is 6.54 Å². The molecule has 82 valence electrons. The van der Waals surface area contributed by atoms with Crippen molar-refractivity contribution in [2.24, 2.45) is 0 Å². The Morgan fingerprint density at radius 2 is 2.60 bits per heavy atom. The van der Waals surface area contributed by atoms with E-state index in [4.69, 9.17) is 0 Å². The first-order valence-corrected chi connectivity index (χ1v) is 5.33. The number of hydrogen-bond donors (Lipinski definition) is 3. The molecule has 15 heavy (non-hydrogen) atoms. The number of H-pyrrole nitrogens is 1. The molecule has 0 radical (unpaired) electrons. The van der Waals surface area contributed by atoms with Crippen LogP contribution in [0.4, 0.5) is 0 Å². The van der Waals surface area contributed by atoms with Gasteiger partial charge in [-0.05, 0) is 6.42 Å². The molecule has 0 spiro atoms. The Hall–Kier alpha value is -1.36. The van der Waals surface area contributed by atoms with Crippen molar-refractivity contribution in [3.05, 3.63) is 17.7 Å². The monoisotopic (exact) mass is 208 g/mol. The molecule has 1 atom stereocenters. The Balaban J connectivity index is 1.94. The minimum absolute atomic E-state index is 0.0745. The fraction of sp³-hybridized carbons (Fsp3) is 0.600. The molecular weight excluding hydrogens is 192 g/mol. The highest BCUT2D eigenvalue weighted by Gasteiger charge is 2.24. The van der Waals surface area contributed by atoms with Crippen LogP contribution in [0.25, 0.3) is 0 Å². The quantitative estimate of drug-likeness (QED) is 0.652. The number of fused-ring (bicyclic) bond motifs is 1. The van der Waals surface area contributed by atoms with Crippen molar-refractivity contribution in [2.45, 2.75) is 32.4 Å². The lowest BCUT2D eigenvalue weighted by Crippen LogP contribution is -2.47. The zero-order valence-corrected chi connectivity index (χ0v) is 8.84. The van der Waals surface area contributed by atoms with Gasteiger partial charge in [-0.25, -0.2) is 4.98 Å². The molecule has 3 N–H and O–H groups in total. The van der Waals surface area contributed by atoms with E-state index in [1.54, 1.807) is 6.33 Å². The smallest absolute Gasteiger partial charge is 0.237 e. The van der Waals surface area contributed by atoms with Crippen LogP contribution in [0.15, 0.2) is 6.33 Å². The molecule has 1 unspecified atom stereocenters. The van der Waals surface area contributed by atoms with Gasteiger partial charge in [-0.3, -0.25) is 10.1 Å². The van der Waals surface area contributed by atoms with Gasteiger partial charge in [-0.1, -0.05) is 6.92 Å². The van der Waals surface area contributed by atoms with Crippen LogP contribution in [0.1, 0.15) is 24.7 Å². The van der Waals surface area contributed by atoms with E-state index in [2.05, 4.69) is 20.6 Å². The summed E-state index contributed by atoms with van der Waals surface area (Å²) < 4.78 is 0. The molecule has 0 fully saturated rings. The van der Waals surface area contributed by atoms with E-state index in [1.165, 1.54) is 0 Å². The van der Waals surface area contributed by atoms with E-state index in [1.807, 2.05) is 6.92 Å². The van der Waals surface area contributed by atoms with Crippen LogP contribution in [0, 0.1) is 0 Å². The molecule has 2 rings (SSSR count). The van der Waals surface area contributed by atoms with Gasteiger partial charge in [0, 0.05) is 19.5 Å². The van der Waals surface area contributed by atoms with Crippen LogP contribution in [0.5, 0.6) is 0 Å². The molecule has 0 saturated heterocycles. The van der Waals surface area contributed by atoms with E-state index in [0.717, 1.165) is 24.4 Å². The Kier molecular flexibility index (Phi) is 3.01. The number of imidazole rings is 1. The van der Waals surface area contributed by atoms with Crippen molar-refractivity contribution >= 4 is 5.91 Å². The van der Waals surface area contributed by atoms with E-state index < -0.39 is 0 Å². The van der Waals surface area contributed by atoms with Gasteiger partial charge < -0.3 is 10.3 Å². The highest BCUT2D eigenvalue weighted by atomic mass is 16.2. The highest BCUT2D eigenvalue weighted by molar-refractivity contribution is 5.82. The molecular formula is C10H16N4O. The third kappa shape index (κ3) is 2.18. The van der Waals surface area contributed by atoms with Crippen LogP contribution in [0.3, 0.4) is 0 Å². The molecule has 1 aliphatic rings. The maximum atomic E-state index is 11.7. The third-order valence-corrected chi connectivity index (χ3v) is 2.60. The van der Waals surface area contributed by atoms with E-state index in [9.17, 15) is 4.79 Å². The minimum Gasteiger partial charge on any atom is -0.355 e. The van der Waals surface area contributed by atoms with Gasteiger partial charge in [0.05, 0.1) is 23.8 Å². The molecule has 1 aromatic heterocycles. The molecule has 0 aliphatic carbocycles. The van der Waals surface area contributed by atoms with Crippen LogP contribution >= 0.6 is 0 Å². The number of nitrogens with one attached hydrogen (secondary N) is 3. The average molecular weight is 208 g/mol. The third-order valence-electron chi connectivity index (χ3n) is 2.60. The standard InChI is InChI=1S/C10H16N4O/c1-2-3-11-10(15)8-4-7-9(5-12-8)14-6-13-7/h6,8,12H,2-5H2,1H3,(H,11,15)(H,13,14). The number of rotatable bonds is 3. The van der Waals surface area contributed by atoms with Crippen molar-refractivity contribution in [3.63, 3.8) is 0 Å². The van der Waals surface area contributed by atoms with Gasteiger partial charge in [-0.2, -0.15) is 0 Å². The number of carbonyl (C=O) groups is 1. The number of aromatic nitrogens is 2. The van der Waals surface area contributed by atoms with Gasteiger partial charge in [0.2, 0.25) is 5.91 Å². The summed E-state index contributed by atoms with van der Waals surface area (Å²) in [5.74, 6) is 0.0745. The molecule has 2 heterocycles. The van der Waals surface area contributed by atoms with Gasteiger partial charge in [0.15, 0.2) is 0 Å². The second kappa shape index (κ2) is 4.44. The summed E-state index contributed by atoms with van der Waals surface area (Å²) in [5.41, 5.74) is 2.10. The second-order valence-electron chi connectivity index (χ2n) is 3.76. The Labute approximate surface area is 88.7 Å². The zero-order chi connectivity index (χ0) is 10.7. The summed E-state index contributed by atoms with van der Waals surface area (Å²) in [6, 6.07) is -0.132. The minimum atomic E-state index is -0.132. The van der Waals surface area contributed by atoms with Crippen molar-refractivity contribution in [3.8, 4) is 0 Å². The topological polar surface area (TPSA) is 69.8 Å². The summed E-state index contributed by atoms with van der Waals surface area (Å²) in [6.45, 7) is 3.48. The summed E-state index contributed by atoms with van der Waals surface area (Å²) in [6.07, 6.45) is 3.32. The molecule has 5 heteroatoms. The van der Waals surface area contributed by atoms with Gasteiger partial charge >= 0.3 is 0 Å². The summed E-state index contributed by atoms with van der Waals surface area (Å²) in [5, 5.41) is 6.07. The number of aromatic amines is 1. The number of amides is 1. The van der Waals surface area contributed by atoms with Gasteiger partial charge in [0.1, 0.15) is 0 Å². The van der Waals surface area contributed by atoms with Crippen molar-refractivity contribution < 1.29 is 4.79 Å². The van der Waals surface area contributed by atoms with Crippen molar-refractivity contribution in [1.29, 1.82) is 0 Å². The first-order chi connectivity index (χ1) is 7.31. The van der Waals surface area contributed by atoms with Gasteiger partial charge in [-0.15, -0.1) is 0 Å².